The molecule has 2 aliphatic heterocycles. The summed E-state index contributed by atoms with van der Waals surface area (Å²) in [5.74, 6) is -0.716. The number of carbonyl (C=O) groups is 2. The number of nitrogens with zero attached hydrogens (tertiary/aromatic N) is 3. The number of amides is 3. The van der Waals surface area contributed by atoms with Crippen LogP contribution >= 0.6 is 0 Å². The Morgan fingerprint density at radius 3 is 2.56 bits per heavy atom. The predicted molar refractivity (Wildman–Crippen MR) is 128 cm³/mol. The molecule has 4 atom stereocenters. The molecule has 182 valence electrons. The summed E-state index contributed by atoms with van der Waals surface area (Å²) in [6, 6.07) is 9.46. The third kappa shape index (κ3) is 3.73. The Bertz CT molecular complexity index is 1140. The highest BCUT2D eigenvalue weighted by molar-refractivity contribution is 5.84. The van der Waals surface area contributed by atoms with Gasteiger partial charge < -0.3 is 29.5 Å². The smallest absolute Gasteiger partial charge is 0.318 e. The van der Waals surface area contributed by atoms with Crippen molar-refractivity contribution in [2.45, 2.75) is 32.0 Å². The van der Waals surface area contributed by atoms with Gasteiger partial charge in [0.25, 0.3) is 5.56 Å². The topological polar surface area (TPSA) is 104 Å². The minimum atomic E-state index is -0.651. The first-order valence-electron chi connectivity index (χ1n) is 11.6. The molecule has 0 radical (unpaired) electrons. The van der Waals surface area contributed by atoms with Gasteiger partial charge in [-0.2, -0.15) is 0 Å². The lowest BCUT2D eigenvalue weighted by Gasteiger charge is -2.38. The molecule has 0 unspecified atom stereocenters. The average molecular weight is 469 g/mol. The van der Waals surface area contributed by atoms with Crippen molar-refractivity contribution in [3.05, 3.63) is 52.4 Å². The van der Waals surface area contributed by atoms with Crippen LogP contribution in [0.25, 0.3) is 11.1 Å². The van der Waals surface area contributed by atoms with Gasteiger partial charge in [-0.05, 0) is 24.6 Å². The van der Waals surface area contributed by atoms with E-state index in [9.17, 15) is 19.5 Å². The fraction of sp³-hybridized carbons (Fsp3) is 0.480. The molecule has 34 heavy (non-hydrogen) atoms. The van der Waals surface area contributed by atoms with Crippen LogP contribution in [0.15, 0.2) is 41.2 Å². The minimum Gasteiger partial charge on any atom is -0.496 e. The molecule has 2 bridgehead atoms. The average Bonchev–Trinajstić information content (AvgIpc) is 3.08. The zero-order chi connectivity index (χ0) is 24.6. The molecule has 0 spiro atoms. The normalized spacial score (nSPS) is 22.8. The van der Waals surface area contributed by atoms with E-state index in [1.807, 2.05) is 31.2 Å². The van der Waals surface area contributed by atoms with Gasteiger partial charge in [0.15, 0.2) is 0 Å². The molecule has 2 N–H and O–H groups in total. The van der Waals surface area contributed by atoms with Gasteiger partial charge in [0, 0.05) is 51.0 Å². The van der Waals surface area contributed by atoms with Crippen LogP contribution in [0.1, 0.15) is 25.1 Å². The first-order valence-corrected chi connectivity index (χ1v) is 11.6. The summed E-state index contributed by atoms with van der Waals surface area (Å²) in [4.78, 5) is 43.3. The number of carbonyl (C=O) groups excluding carboxylic acids is 2. The van der Waals surface area contributed by atoms with E-state index in [2.05, 4.69) is 5.32 Å². The summed E-state index contributed by atoms with van der Waals surface area (Å²) in [5, 5.41) is 13.2. The minimum absolute atomic E-state index is 0.172. The number of fused-ring (bicyclic) bond motifs is 4. The third-order valence-corrected chi connectivity index (χ3v) is 6.93. The van der Waals surface area contributed by atoms with Gasteiger partial charge in [-0.15, -0.1) is 0 Å². The van der Waals surface area contributed by atoms with E-state index in [1.165, 1.54) is 4.90 Å². The number of hydrogen-bond acceptors (Lipinski definition) is 5. The fourth-order valence-electron chi connectivity index (χ4n) is 5.36. The Balaban J connectivity index is 1.87. The van der Waals surface area contributed by atoms with E-state index in [-0.39, 0.29) is 30.6 Å². The number of aromatic nitrogens is 1. The molecule has 1 aromatic heterocycles. The Hall–Kier alpha value is -3.33. The standard InChI is InChI=1S/C25H32N4O5/c1-5-12-26-25(33)29-19-13-28-18(22(29)21(17(19)14-30)24(32)27(2)3)11-10-16(23(28)31)15-8-6-7-9-20(15)34-4/h6-11,17,19,21-22,30H,5,12-14H2,1-4H3,(H,26,33)/t17-,19-,21+,22+/m1/s1. The number of ether oxygens (including phenoxy) is 1. The number of aliphatic hydroxyl groups is 1. The quantitative estimate of drug-likeness (QED) is 0.672. The van der Waals surface area contributed by atoms with Gasteiger partial charge in [0.1, 0.15) is 5.75 Å². The van der Waals surface area contributed by atoms with E-state index in [0.717, 1.165) is 6.42 Å². The summed E-state index contributed by atoms with van der Waals surface area (Å²) >= 11 is 0. The lowest BCUT2D eigenvalue weighted by atomic mass is 9.86. The highest BCUT2D eigenvalue weighted by Crippen LogP contribution is 2.49. The number of para-hydroxylation sites is 1. The summed E-state index contributed by atoms with van der Waals surface area (Å²) in [5.41, 5.74) is 1.56. The van der Waals surface area contributed by atoms with E-state index >= 15 is 0 Å². The summed E-state index contributed by atoms with van der Waals surface area (Å²) in [6.45, 7) is 2.42. The van der Waals surface area contributed by atoms with Crippen molar-refractivity contribution >= 4 is 11.9 Å². The molecule has 9 nitrogen and oxygen atoms in total. The van der Waals surface area contributed by atoms with Gasteiger partial charge in [-0.1, -0.05) is 25.1 Å². The molecule has 4 rings (SSSR count). The SMILES string of the molecule is CCCNC(=O)N1[C@@H]2Cn3c(ccc(-c4ccccc4OC)c3=O)[C@H]1[C@@H](C(=O)N(C)C)[C@@H]2CO. The number of hydrogen-bond donors (Lipinski definition) is 2. The van der Waals surface area contributed by atoms with Gasteiger partial charge in [0.05, 0.1) is 30.7 Å². The second-order valence-electron chi connectivity index (χ2n) is 9.04. The zero-order valence-corrected chi connectivity index (χ0v) is 20.0. The lowest BCUT2D eigenvalue weighted by Crippen LogP contribution is -2.52. The van der Waals surface area contributed by atoms with Crippen molar-refractivity contribution in [2.75, 3.05) is 34.4 Å². The van der Waals surface area contributed by atoms with Crippen LogP contribution in [0, 0.1) is 11.8 Å². The van der Waals surface area contributed by atoms with Crippen LogP contribution in [0.2, 0.25) is 0 Å². The van der Waals surface area contributed by atoms with Crippen molar-refractivity contribution in [2.24, 2.45) is 11.8 Å². The predicted octanol–water partition coefficient (Wildman–Crippen LogP) is 1.70. The van der Waals surface area contributed by atoms with Crippen molar-refractivity contribution in [1.82, 2.24) is 19.7 Å². The van der Waals surface area contributed by atoms with E-state index in [4.69, 9.17) is 4.74 Å². The van der Waals surface area contributed by atoms with E-state index in [0.29, 0.717) is 29.1 Å². The molecule has 3 amide bonds. The zero-order valence-electron chi connectivity index (χ0n) is 20.0. The second-order valence-corrected chi connectivity index (χ2v) is 9.04. The number of pyridine rings is 1. The maximum atomic E-state index is 13.7. The number of rotatable bonds is 6. The number of aliphatic hydroxyl groups excluding tert-OH is 1. The number of methoxy groups -OCH3 is 1. The van der Waals surface area contributed by atoms with Crippen LogP contribution in [0.5, 0.6) is 5.75 Å². The van der Waals surface area contributed by atoms with Crippen LogP contribution in [-0.4, -0.2) is 71.8 Å². The first kappa shape index (κ1) is 23.8. The lowest BCUT2D eigenvalue weighted by molar-refractivity contribution is -0.135. The van der Waals surface area contributed by atoms with Gasteiger partial charge in [-0.25, -0.2) is 4.79 Å². The van der Waals surface area contributed by atoms with Crippen molar-refractivity contribution in [3.63, 3.8) is 0 Å². The molecule has 0 aliphatic carbocycles. The number of benzene rings is 1. The van der Waals surface area contributed by atoms with Gasteiger partial charge in [-0.3, -0.25) is 9.59 Å². The van der Waals surface area contributed by atoms with Gasteiger partial charge >= 0.3 is 6.03 Å². The second kappa shape index (κ2) is 9.50. The Kier molecular flexibility index (Phi) is 6.65. The molecule has 2 aliphatic rings. The van der Waals surface area contributed by atoms with Crippen molar-refractivity contribution in [1.29, 1.82) is 0 Å². The molecule has 3 heterocycles. The Morgan fingerprint density at radius 2 is 1.91 bits per heavy atom. The van der Waals surface area contributed by atoms with E-state index < -0.39 is 23.9 Å². The molecule has 1 aromatic carbocycles. The van der Waals surface area contributed by atoms with Crippen molar-refractivity contribution in [3.8, 4) is 16.9 Å². The Morgan fingerprint density at radius 1 is 1.18 bits per heavy atom. The molecule has 0 saturated carbocycles. The van der Waals surface area contributed by atoms with Crippen LogP contribution in [0.3, 0.4) is 0 Å². The first-order chi connectivity index (χ1) is 16.3. The summed E-state index contributed by atoms with van der Waals surface area (Å²) < 4.78 is 7.12. The maximum absolute atomic E-state index is 13.7. The highest BCUT2D eigenvalue weighted by atomic mass is 16.5. The molecular formula is C25H32N4O5. The number of urea groups is 1. The largest absolute Gasteiger partial charge is 0.496 e. The molecule has 9 heteroatoms. The molecular weight excluding hydrogens is 436 g/mol. The van der Waals surface area contributed by atoms with Crippen molar-refractivity contribution < 1.29 is 19.4 Å². The van der Waals surface area contributed by atoms with Gasteiger partial charge in [0.2, 0.25) is 5.91 Å². The van der Waals surface area contributed by atoms with Crippen LogP contribution in [-0.2, 0) is 11.3 Å². The molecule has 1 fully saturated rings. The molecule has 2 aromatic rings. The fourth-order valence-corrected chi connectivity index (χ4v) is 5.36. The van der Waals surface area contributed by atoms with Crippen LogP contribution < -0.4 is 15.6 Å². The van der Waals surface area contributed by atoms with E-state index in [1.54, 1.807) is 42.8 Å². The summed E-state index contributed by atoms with van der Waals surface area (Å²) in [7, 11) is 4.89. The van der Waals surface area contributed by atoms with Crippen LogP contribution in [0.4, 0.5) is 4.79 Å². The third-order valence-electron chi connectivity index (χ3n) is 6.93. The summed E-state index contributed by atoms with van der Waals surface area (Å²) in [6.07, 6.45) is 0.775. The highest BCUT2D eigenvalue weighted by Gasteiger charge is 2.57. The number of nitrogens with one attached hydrogen (secondary N) is 1. The Labute approximate surface area is 198 Å². The molecule has 1 saturated heterocycles. The monoisotopic (exact) mass is 468 g/mol. The maximum Gasteiger partial charge on any atom is 0.318 e.